The fourth-order valence-electron chi connectivity index (χ4n) is 3.58. The minimum Gasteiger partial charge on any atom is -0.494 e. The van der Waals surface area contributed by atoms with Gasteiger partial charge < -0.3 is 19.9 Å². The van der Waals surface area contributed by atoms with Crippen molar-refractivity contribution in [2.45, 2.75) is 6.92 Å². The molecule has 8 nitrogen and oxygen atoms in total. The average molecular weight is 405 g/mol. The zero-order valence-electron chi connectivity index (χ0n) is 17.0. The van der Waals surface area contributed by atoms with Crippen molar-refractivity contribution in [3.8, 4) is 5.75 Å². The lowest BCUT2D eigenvalue weighted by Gasteiger charge is -2.35. The molecule has 2 aromatic carbocycles. The molecule has 0 saturated carbocycles. The summed E-state index contributed by atoms with van der Waals surface area (Å²) in [6.45, 7) is 4.00. The monoisotopic (exact) mass is 405 g/mol. The first-order valence-electron chi connectivity index (χ1n) is 9.76. The van der Waals surface area contributed by atoms with Crippen LogP contribution in [0.25, 0.3) is 10.9 Å². The third-order valence-corrected chi connectivity index (χ3v) is 5.24. The highest BCUT2D eigenvalue weighted by Gasteiger charge is 2.23. The fraction of sp³-hybridized carbons (Fsp3) is 0.273. The molecule has 0 unspecified atom stereocenters. The normalized spacial score (nSPS) is 13.9. The zero-order chi connectivity index (χ0) is 21.1. The van der Waals surface area contributed by atoms with Crippen LogP contribution in [0.3, 0.4) is 0 Å². The third-order valence-electron chi connectivity index (χ3n) is 5.24. The Bertz CT molecular complexity index is 1080. The largest absolute Gasteiger partial charge is 0.494 e. The topological polar surface area (TPSA) is 87.7 Å². The van der Waals surface area contributed by atoms with E-state index >= 15 is 0 Å². The summed E-state index contributed by atoms with van der Waals surface area (Å²) < 4.78 is 5.41. The molecule has 8 heteroatoms. The number of carbonyl (C=O) groups is 2. The number of carbonyl (C=O) groups excluding carboxylic acids is 2. The maximum absolute atomic E-state index is 12.6. The molecule has 1 N–H and O–H groups in total. The number of piperazine rings is 1. The smallest absolute Gasteiger partial charge is 0.321 e. The Morgan fingerprint density at radius 3 is 2.40 bits per heavy atom. The van der Waals surface area contributed by atoms with E-state index in [1.807, 2.05) is 18.2 Å². The molecule has 1 saturated heterocycles. The molecule has 0 bridgehead atoms. The van der Waals surface area contributed by atoms with Crippen LogP contribution < -0.4 is 15.0 Å². The predicted octanol–water partition coefficient (Wildman–Crippen LogP) is 3.20. The maximum atomic E-state index is 12.6. The number of ketones is 1. The Morgan fingerprint density at radius 2 is 1.73 bits per heavy atom. The second-order valence-electron chi connectivity index (χ2n) is 7.09. The van der Waals surface area contributed by atoms with Crippen LogP contribution in [-0.4, -0.2) is 60.0 Å². The van der Waals surface area contributed by atoms with Crippen LogP contribution >= 0.6 is 0 Å². The quantitative estimate of drug-likeness (QED) is 0.671. The van der Waals surface area contributed by atoms with E-state index in [1.54, 1.807) is 42.6 Å². The van der Waals surface area contributed by atoms with Gasteiger partial charge in [-0.25, -0.2) is 14.8 Å². The van der Waals surface area contributed by atoms with Crippen molar-refractivity contribution in [3.05, 3.63) is 54.4 Å². The third kappa shape index (κ3) is 3.89. The van der Waals surface area contributed by atoms with Gasteiger partial charge in [0, 0.05) is 42.8 Å². The summed E-state index contributed by atoms with van der Waals surface area (Å²) in [6.07, 6.45) is 1.55. The molecule has 1 aromatic heterocycles. The standard InChI is InChI=1S/C22H23N5O3/c1-15(28)16-6-8-17(9-7-16)25-22(29)27-12-10-26(11-13-27)21-18-4-3-5-19(30-2)20(18)23-14-24-21/h3-9,14H,10-13H2,1-2H3,(H,25,29). The van der Waals surface area contributed by atoms with Gasteiger partial charge in [-0.3, -0.25) is 4.79 Å². The van der Waals surface area contributed by atoms with Crippen LogP contribution in [0.15, 0.2) is 48.8 Å². The second kappa shape index (κ2) is 8.36. The van der Waals surface area contributed by atoms with Gasteiger partial charge in [-0.2, -0.15) is 0 Å². The van der Waals surface area contributed by atoms with Crippen molar-refractivity contribution in [2.24, 2.45) is 0 Å². The van der Waals surface area contributed by atoms with Crippen LogP contribution in [0.2, 0.25) is 0 Å². The molecule has 154 valence electrons. The number of amides is 2. The Labute approximate surface area is 174 Å². The molecule has 4 rings (SSSR count). The number of para-hydroxylation sites is 1. The molecule has 30 heavy (non-hydrogen) atoms. The zero-order valence-corrected chi connectivity index (χ0v) is 17.0. The van der Waals surface area contributed by atoms with E-state index < -0.39 is 0 Å². The summed E-state index contributed by atoms with van der Waals surface area (Å²) in [5, 5.41) is 3.82. The molecule has 1 aliphatic rings. The average Bonchev–Trinajstić information content (AvgIpc) is 2.78. The number of ether oxygens (including phenoxy) is 1. The van der Waals surface area contributed by atoms with Crippen molar-refractivity contribution in [1.82, 2.24) is 14.9 Å². The molecule has 0 spiro atoms. The first-order chi connectivity index (χ1) is 14.6. The number of hydrogen-bond acceptors (Lipinski definition) is 6. The molecule has 0 radical (unpaired) electrons. The van der Waals surface area contributed by atoms with Crippen LogP contribution in [0, 0.1) is 0 Å². The maximum Gasteiger partial charge on any atom is 0.321 e. The Kier molecular flexibility index (Phi) is 5.47. The van der Waals surface area contributed by atoms with Crippen molar-refractivity contribution < 1.29 is 14.3 Å². The summed E-state index contributed by atoms with van der Waals surface area (Å²) in [6, 6.07) is 12.5. The van der Waals surface area contributed by atoms with E-state index in [1.165, 1.54) is 6.92 Å². The fourth-order valence-corrected chi connectivity index (χ4v) is 3.58. The van der Waals surface area contributed by atoms with E-state index in [0.29, 0.717) is 43.2 Å². The Morgan fingerprint density at radius 1 is 1.00 bits per heavy atom. The molecular formula is C22H23N5O3. The Balaban J connectivity index is 1.42. The first kappa shape index (κ1) is 19.6. The summed E-state index contributed by atoms with van der Waals surface area (Å²) in [4.78, 5) is 36.8. The van der Waals surface area contributed by atoms with Gasteiger partial charge in [0.15, 0.2) is 5.78 Å². The number of nitrogens with one attached hydrogen (secondary N) is 1. The van der Waals surface area contributed by atoms with Gasteiger partial charge in [0.1, 0.15) is 23.4 Å². The molecule has 0 aliphatic carbocycles. The lowest BCUT2D eigenvalue weighted by molar-refractivity contribution is 0.101. The lowest BCUT2D eigenvalue weighted by Crippen LogP contribution is -2.50. The van der Waals surface area contributed by atoms with Gasteiger partial charge in [0.2, 0.25) is 0 Å². The summed E-state index contributed by atoms with van der Waals surface area (Å²) in [7, 11) is 1.63. The molecule has 2 amide bonds. The van der Waals surface area contributed by atoms with E-state index in [4.69, 9.17) is 4.74 Å². The number of urea groups is 1. The molecule has 0 atom stereocenters. The van der Waals surface area contributed by atoms with Crippen molar-refractivity contribution in [1.29, 1.82) is 0 Å². The van der Waals surface area contributed by atoms with Gasteiger partial charge in [-0.15, -0.1) is 0 Å². The van der Waals surface area contributed by atoms with E-state index in [0.717, 1.165) is 16.7 Å². The minimum atomic E-state index is -0.153. The number of aromatic nitrogens is 2. The van der Waals surface area contributed by atoms with Crippen molar-refractivity contribution in [2.75, 3.05) is 43.5 Å². The number of benzene rings is 2. The number of nitrogens with zero attached hydrogens (tertiary/aromatic N) is 4. The number of methoxy groups -OCH3 is 1. The highest BCUT2D eigenvalue weighted by Crippen LogP contribution is 2.29. The van der Waals surface area contributed by atoms with Crippen LogP contribution in [0.5, 0.6) is 5.75 Å². The summed E-state index contributed by atoms with van der Waals surface area (Å²) >= 11 is 0. The highest BCUT2D eigenvalue weighted by molar-refractivity contribution is 5.96. The first-order valence-corrected chi connectivity index (χ1v) is 9.76. The Hall–Kier alpha value is -3.68. The lowest BCUT2D eigenvalue weighted by atomic mass is 10.1. The molecule has 1 fully saturated rings. The van der Waals surface area contributed by atoms with Gasteiger partial charge in [0.25, 0.3) is 0 Å². The SMILES string of the molecule is COc1cccc2c(N3CCN(C(=O)Nc4ccc(C(C)=O)cc4)CC3)ncnc12. The number of Topliss-reactive ketones (excluding diaryl/α,β-unsaturated/α-hetero) is 1. The van der Waals surface area contributed by atoms with Gasteiger partial charge in [0.05, 0.1) is 7.11 Å². The number of fused-ring (bicyclic) bond motifs is 1. The molecule has 1 aliphatic heterocycles. The molecule has 2 heterocycles. The van der Waals surface area contributed by atoms with Crippen LogP contribution in [-0.2, 0) is 0 Å². The van der Waals surface area contributed by atoms with Crippen molar-refractivity contribution >= 4 is 34.2 Å². The van der Waals surface area contributed by atoms with Gasteiger partial charge >= 0.3 is 6.03 Å². The highest BCUT2D eigenvalue weighted by atomic mass is 16.5. The summed E-state index contributed by atoms with van der Waals surface area (Å²) in [5.41, 5.74) is 2.07. The minimum absolute atomic E-state index is 0.00105. The van der Waals surface area contributed by atoms with E-state index in [9.17, 15) is 9.59 Å². The second-order valence-corrected chi connectivity index (χ2v) is 7.09. The predicted molar refractivity (Wildman–Crippen MR) is 115 cm³/mol. The van der Waals surface area contributed by atoms with E-state index in [-0.39, 0.29) is 11.8 Å². The van der Waals surface area contributed by atoms with Crippen LogP contribution in [0.1, 0.15) is 17.3 Å². The van der Waals surface area contributed by atoms with Crippen LogP contribution in [0.4, 0.5) is 16.3 Å². The number of anilines is 2. The number of rotatable bonds is 4. The van der Waals surface area contributed by atoms with Gasteiger partial charge in [-0.1, -0.05) is 6.07 Å². The molecule has 3 aromatic rings. The van der Waals surface area contributed by atoms with Crippen molar-refractivity contribution in [3.63, 3.8) is 0 Å². The van der Waals surface area contributed by atoms with E-state index in [2.05, 4.69) is 20.2 Å². The van der Waals surface area contributed by atoms with Gasteiger partial charge in [-0.05, 0) is 43.3 Å². The molecular weight excluding hydrogens is 382 g/mol. The number of hydrogen-bond donors (Lipinski definition) is 1. The summed E-state index contributed by atoms with van der Waals surface area (Å²) in [5.74, 6) is 1.56.